The number of fused-ring (bicyclic) bond motifs is 1. The van der Waals surface area contributed by atoms with E-state index in [4.69, 9.17) is 28.9 Å². The Bertz CT molecular complexity index is 996. The molecule has 9 heteroatoms. The van der Waals surface area contributed by atoms with Crippen molar-refractivity contribution in [2.75, 3.05) is 11.1 Å². The van der Waals surface area contributed by atoms with Gasteiger partial charge in [0.15, 0.2) is 0 Å². The normalized spacial score (nSPS) is 10.8. The first kappa shape index (κ1) is 17.2. The van der Waals surface area contributed by atoms with Crippen LogP contribution in [0.25, 0.3) is 10.9 Å². The molecule has 3 aromatic rings. The molecule has 0 bridgehead atoms. The van der Waals surface area contributed by atoms with E-state index in [0.29, 0.717) is 16.6 Å². The number of carbonyl (C=O) groups is 1. The van der Waals surface area contributed by atoms with Crippen molar-refractivity contribution in [3.63, 3.8) is 0 Å². The Morgan fingerprint density at radius 1 is 1.20 bits per heavy atom. The van der Waals surface area contributed by atoms with Gasteiger partial charge < -0.3 is 11.1 Å². The van der Waals surface area contributed by atoms with Gasteiger partial charge >= 0.3 is 0 Å². The zero-order valence-corrected chi connectivity index (χ0v) is 14.4. The lowest BCUT2D eigenvalue weighted by Gasteiger charge is -2.09. The largest absolute Gasteiger partial charge is 0.396 e. The molecule has 0 saturated heterocycles. The fraction of sp³-hybridized carbons (Fsp3) is 0.125. The molecule has 0 radical (unpaired) electrons. The highest BCUT2D eigenvalue weighted by atomic mass is 35.5. The monoisotopic (exact) mass is 377 g/mol. The summed E-state index contributed by atoms with van der Waals surface area (Å²) in [7, 11) is 0. The van der Waals surface area contributed by atoms with Gasteiger partial charge in [-0.15, -0.1) is 5.10 Å². The van der Waals surface area contributed by atoms with Crippen molar-refractivity contribution in [3.8, 4) is 0 Å². The summed E-state index contributed by atoms with van der Waals surface area (Å²) in [5.74, 6) is -0.321. The molecule has 0 aliphatic rings. The number of amides is 1. The SMILES string of the molecule is Nc1c(Cl)cc(NC(=O)CCn2nnc3ccccc3c2=O)cc1Cl. The van der Waals surface area contributed by atoms with E-state index < -0.39 is 0 Å². The van der Waals surface area contributed by atoms with Gasteiger partial charge in [-0.1, -0.05) is 40.5 Å². The van der Waals surface area contributed by atoms with Gasteiger partial charge in [0.05, 0.1) is 27.7 Å². The Kier molecular flexibility index (Phi) is 4.87. The maximum Gasteiger partial charge on any atom is 0.277 e. The van der Waals surface area contributed by atoms with Gasteiger partial charge in [-0.25, -0.2) is 4.68 Å². The molecule has 1 aromatic heterocycles. The van der Waals surface area contributed by atoms with Crippen LogP contribution in [0, 0.1) is 0 Å². The average molecular weight is 378 g/mol. The molecule has 0 atom stereocenters. The Hall–Kier alpha value is -2.64. The summed E-state index contributed by atoms with van der Waals surface area (Å²) in [6.45, 7) is 0.0962. The number of benzene rings is 2. The number of aromatic nitrogens is 3. The maximum atomic E-state index is 12.3. The summed E-state index contributed by atoms with van der Waals surface area (Å²) in [6.07, 6.45) is 0.0343. The van der Waals surface area contributed by atoms with Gasteiger partial charge in [0.25, 0.3) is 5.56 Å². The Labute approximate surface area is 152 Å². The van der Waals surface area contributed by atoms with Crippen molar-refractivity contribution >= 4 is 51.4 Å². The number of nitrogens with zero attached hydrogens (tertiary/aromatic N) is 3. The summed E-state index contributed by atoms with van der Waals surface area (Å²) >= 11 is 11.9. The molecule has 25 heavy (non-hydrogen) atoms. The highest BCUT2D eigenvalue weighted by Crippen LogP contribution is 2.31. The van der Waals surface area contributed by atoms with Crippen LogP contribution in [0.5, 0.6) is 0 Å². The van der Waals surface area contributed by atoms with Crippen LogP contribution >= 0.6 is 23.2 Å². The number of nitrogens with two attached hydrogens (primary N) is 1. The summed E-state index contributed by atoms with van der Waals surface area (Å²) in [5.41, 5.74) is 6.54. The second-order valence-corrected chi connectivity index (χ2v) is 6.10. The van der Waals surface area contributed by atoms with Gasteiger partial charge in [0, 0.05) is 12.1 Å². The molecule has 7 nitrogen and oxygen atoms in total. The highest BCUT2D eigenvalue weighted by molar-refractivity contribution is 6.39. The number of hydrogen-bond donors (Lipinski definition) is 2. The number of halogens is 2. The predicted octanol–water partition coefficient (Wildman–Crippen LogP) is 2.71. The van der Waals surface area contributed by atoms with Crippen LogP contribution in [0.2, 0.25) is 10.0 Å². The second-order valence-electron chi connectivity index (χ2n) is 5.29. The zero-order valence-electron chi connectivity index (χ0n) is 12.9. The smallest absolute Gasteiger partial charge is 0.277 e. The summed E-state index contributed by atoms with van der Waals surface area (Å²) in [5, 5.41) is 11.4. The number of hydrogen-bond acceptors (Lipinski definition) is 5. The van der Waals surface area contributed by atoms with Crippen LogP contribution in [-0.4, -0.2) is 20.9 Å². The summed E-state index contributed by atoms with van der Waals surface area (Å²) in [4.78, 5) is 24.4. The van der Waals surface area contributed by atoms with Crippen molar-refractivity contribution in [2.24, 2.45) is 0 Å². The Morgan fingerprint density at radius 2 is 1.88 bits per heavy atom. The van der Waals surface area contributed by atoms with Crippen LogP contribution in [0.1, 0.15) is 6.42 Å². The molecule has 3 N–H and O–H groups in total. The van der Waals surface area contributed by atoms with Crippen molar-refractivity contribution in [2.45, 2.75) is 13.0 Å². The van der Waals surface area contributed by atoms with E-state index in [0.717, 1.165) is 4.68 Å². The summed E-state index contributed by atoms with van der Waals surface area (Å²) < 4.78 is 1.16. The molecule has 0 saturated carbocycles. The van der Waals surface area contributed by atoms with Gasteiger partial charge in [-0.3, -0.25) is 9.59 Å². The molecule has 0 unspecified atom stereocenters. The van der Waals surface area contributed by atoms with Crippen molar-refractivity contribution in [1.82, 2.24) is 15.0 Å². The number of aryl methyl sites for hydroxylation is 1. The molecular weight excluding hydrogens is 365 g/mol. The lowest BCUT2D eigenvalue weighted by Crippen LogP contribution is -2.26. The molecule has 0 aliphatic carbocycles. The molecule has 0 spiro atoms. The van der Waals surface area contributed by atoms with Gasteiger partial charge in [-0.05, 0) is 24.3 Å². The third kappa shape index (κ3) is 3.72. The number of anilines is 2. The standard InChI is InChI=1S/C16H13Cl2N5O2/c17-11-7-9(8-12(18)15(11)19)20-14(24)5-6-23-16(25)10-3-1-2-4-13(10)21-22-23/h1-4,7-8H,5-6,19H2,(H,20,24). The van der Waals surface area contributed by atoms with Gasteiger partial charge in [-0.2, -0.15) is 0 Å². The molecular formula is C16H13Cl2N5O2. The number of nitrogens with one attached hydrogen (secondary N) is 1. The topological polar surface area (TPSA) is 103 Å². The van der Waals surface area contributed by atoms with Gasteiger partial charge in [0.2, 0.25) is 5.91 Å². The first-order valence-corrected chi connectivity index (χ1v) is 8.08. The van der Waals surface area contributed by atoms with Crippen LogP contribution in [0.15, 0.2) is 41.2 Å². The lowest BCUT2D eigenvalue weighted by atomic mass is 10.2. The molecule has 3 rings (SSSR count). The molecule has 1 heterocycles. The third-order valence-corrected chi connectivity index (χ3v) is 4.17. The molecule has 1 amide bonds. The molecule has 2 aromatic carbocycles. The van der Waals surface area contributed by atoms with Gasteiger partial charge in [0.1, 0.15) is 5.52 Å². The quantitative estimate of drug-likeness (QED) is 0.680. The minimum absolute atomic E-state index is 0.0343. The summed E-state index contributed by atoms with van der Waals surface area (Å²) in [6, 6.07) is 9.90. The molecule has 128 valence electrons. The second kappa shape index (κ2) is 7.08. The fourth-order valence-electron chi connectivity index (χ4n) is 2.26. The van der Waals surface area contributed by atoms with Crippen LogP contribution in [-0.2, 0) is 11.3 Å². The Morgan fingerprint density at radius 3 is 2.60 bits per heavy atom. The van der Waals surface area contributed by atoms with Crippen molar-refractivity contribution < 1.29 is 4.79 Å². The van der Waals surface area contributed by atoms with Crippen LogP contribution in [0.3, 0.4) is 0 Å². The minimum atomic E-state index is -0.321. The minimum Gasteiger partial charge on any atom is -0.396 e. The average Bonchev–Trinajstić information content (AvgIpc) is 2.59. The lowest BCUT2D eigenvalue weighted by molar-refractivity contribution is -0.116. The van der Waals surface area contributed by atoms with E-state index in [-0.39, 0.29) is 40.2 Å². The number of nitrogen functional groups attached to an aromatic ring is 1. The van der Waals surface area contributed by atoms with Crippen molar-refractivity contribution in [3.05, 3.63) is 56.8 Å². The predicted molar refractivity (Wildman–Crippen MR) is 97.9 cm³/mol. The number of rotatable bonds is 4. The maximum absolute atomic E-state index is 12.3. The van der Waals surface area contributed by atoms with E-state index in [2.05, 4.69) is 15.6 Å². The third-order valence-electron chi connectivity index (χ3n) is 3.54. The van der Waals surface area contributed by atoms with Crippen LogP contribution < -0.4 is 16.6 Å². The number of carbonyl (C=O) groups excluding carboxylic acids is 1. The van der Waals surface area contributed by atoms with E-state index in [1.54, 1.807) is 24.3 Å². The van der Waals surface area contributed by atoms with E-state index in [1.165, 1.54) is 12.1 Å². The highest BCUT2D eigenvalue weighted by Gasteiger charge is 2.10. The van der Waals surface area contributed by atoms with E-state index >= 15 is 0 Å². The Balaban J connectivity index is 1.71. The van der Waals surface area contributed by atoms with Crippen molar-refractivity contribution in [1.29, 1.82) is 0 Å². The first-order valence-electron chi connectivity index (χ1n) is 7.32. The molecule has 0 fully saturated rings. The van der Waals surface area contributed by atoms with Crippen LogP contribution in [0.4, 0.5) is 11.4 Å². The fourth-order valence-corrected chi connectivity index (χ4v) is 2.74. The zero-order chi connectivity index (χ0) is 18.0. The molecule has 0 aliphatic heterocycles. The first-order chi connectivity index (χ1) is 12.0. The van der Waals surface area contributed by atoms with E-state index in [9.17, 15) is 9.59 Å². The van der Waals surface area contributed by atoms with E-state index in [1.807, 2.05) is 0 Å².